The van der Waals surface area contributed by atoms with Crippen LogP contribution >= 0.6 is 0 Å². The molecule has 0 aliphatic carbocycles. The van der Waals surface area contributed by atoms with Crippen LogP contribution in [0.1, 0.15) is 49.3 Å². The Hall–Kier alpha value is -1.39. The van der Waals surface area contributed by atoms with Crippen LogP contribution in [0.4, 0.5) is 5.69 Å². The number of carbonyl (C=O) groups is 1. The molecule has 0 bridgehead atoms. The molecular weight excluding hydrogens is 252 g/mol. The monoisotopic (exact) mass is 274 g/mol. The number of anilines is 1. The first-order valence-corrected chi connectivity index (χ1v) is 7.42. The van der Waals surface area contributed by atoms with E-state index >= 15 is 0 Å². The fourth-order valence-electron chi connectivity index (χ4n) is 3.35. The van der Waals surface area contributed by atoms with Gasteiger partial charge in [-0.2, -0.15) is 0 Å². The summed E-state index contributed by atoms with van der Waals surface area (Å²) in [5.74, 6) is 0.164. The standard InChI is InChI=1S/C16H22N2O2/c1-3-11-12-9-10(15(17)14-5-4-8-20-14)6-7-13(12)18(2)16(11)19/h6-7,9,11,14-15H,3-5,8,17H2,1-2H3. The summed E-state index contributed by atoms with van der Waals surface area (Å²) in [5.41, 5.74) is 9.54. The Bertz CT molecular complexity index is 523. The molecule has 2 aliphatic heterocycles. The number of amides is 1. The van der Waals surface area contributed by atoms with Crippen molar-refractivity contribution in [3.8, 4) is 0 Å². The fourth-order valence-corrected chi connectivity index (χ4v) is 3.35. The lowest BCUT2D eigenvalue weighted by Crippen LogP contribution is -2.25. The predicted molar refractivity (Wildman–Crippen MR) is 78.8 cm³/mol. The SMILES string of the molecule is CCC1C(=O)N(C)c2ccc(C(N)C3CCCO3)cc21. The summed E-state index contributed by atoms with van der Waals surface area (Å²) >= 11 is 0. The molecule has 1 amide bonds. The Morgan fingerprint density at radius 1 is 1.50 bits per heavy atom. The summed E-state index contributed by atoms with van der Waals surface area (Å²) in [4.78, 5) is 14.0. The molecule has 1 saturated heterocycles. The molecule has 1 aromatic carbocycles. The molecular formula is C16H22N2O2. The van der Waals surface area contributed by atoms with Gasteiger partial charge in [-0.3, -0.25) is 4.79 Å². The Morgan fingerprint density at radius 2 is 2.30 bits per heavy atom. The van der Waals surface area contributed by atoms with Crippen molar-refractivity contribution >= 4 is 11.6 Å². The molecule has 2 N–H and O–H groups in total. The van der Waals surface area contributed by atoms with Gasteiger partial charge in [-0.1, -0.05) is 19.1 Å². The minimum Gasteiger partial charge on any atom is -0.376 e. The minimum atomic E-state index is -0.0960. The van der Waals surface area contributed by atoms with Crippen LogP contribution in [0, 0.1) is 0 Å². The highest BCUT2D eigenvalue weighted by molar-refractivity contribution is 6.04. The van der Waals surface area contributed by atoms with E-state index in [0.29, 0.717) is 0 Å². The Kier molecular flexibility index (Phi) is 3.52. The first kappa shape index (κ1) is 13.6. The van der Waals surface area contributed by atoms with Crippen LogP contribution in [-0.4, -0.2) is 25.7 Å². The van der Waals surface area contributed by atoms with Gasteiger partial charge < -0.3 is 15.4 Å². The average molecular weight is 274 g/mol. The lowest BCUT2D eigenvalue weighted by atomic mass is 9.92. The molecule has 108 valence electrons. The molecule has 0 spiro atoms. The summed E-state index contributed by atoms with van der Waals surface area (Å²) in [6.07, 6.45) is 3.05. The Balaban J connectivity index is 1.93. The summed E-state index contributed by atoms with van der Waals surface area (Å²) < 4.78 is 5.68. The van der Waals surface area contributed by atoms with E-state index in [4.69, 9.17) is 10.5 Å². The maximum absolute atomic E-state index is 12.2. The quantitative estimate of drug-likeness (QED) is 0.920. The van der Waals surface area contributed by atoms with Gasteiger partial charge in [-0.05, 0) is 36.5 Å². The third-order valence-corrected chi connectivity index (χ3v) is 4.58. The maximum Gasteiger partial charge on any atom is 0.234 e. The molecule has 0 aromatic heterocycles. The Morgan fingerprint density at radius 3 is 2.95 bits per heavy atom. The van der Waals surface area contributed by atoms with Gasteiger partial charge in [0.25, 0.3) is 0 Å². The van der Waals surface area contributed by atoms with Gasteiger partial charge in [-0.25, -0.2) is 0 Å². The minimum absolute atomic E-state index is 0.0216. The van der Waals surface area contributed by atoms with E-state index in [1.807, 2.05) is 19.2 Å². The first-order valence-electron chi connectivity index (χ1n) is 7.42. The molecule has 0 saturated carbocycles. The lowest BCUT2D eigenvalue weighted by molar-refractivity contribution is -0.119. The fraction of sp³-hybridized carbons (Fsp3) is 0.562. The zero-order valence-corrected chi connectivity index (χ0v) is 12.1. The van der Waals surface area contributed by atoms with Crippen molar-refractivity contribution in [2.75, 3.05) is 18.6 Å². The van der Waals surface area contributed by atoms with Crippen LogP contribution in [0.3, 0.4) is 0 Å². The van der Waals surface area contributed by atoms with Gasteiger partial charge in [0.2, 0.25) is 5.91 Å². The number of benzene rings is 1. The van der Waals surface area contributed by atoms with E-state index in [2.05, 4.69) is 13.0 Å². The molecule has 2 aliphatic rings. The van der Waals surface area contributed by atoms with Crippen LogP contribution in [-0.2, 0) is 9.53 Å². The smallest absolute Gasteiger partial charge is 0.234 e. The first-order chi connectivity index (χ1) is 9.63. The number of carbonyl (C=O) groups excluding carboxylic acids is 1. The van der Waals surface area contributed by atoms with E-state index in [0.717, 1.165) is 42.7 Å². The summed E-state index contributed by atoms with van der Waals surface area (Å²) in [6, 6.07) is 6.07. The summed E-state index contributed by atoms with van der Waals surface area (Å²) in [6.45, 7) is 2.86. The van der Waals surface area contributed by atoms with E-state index in [-0.39, 0.29) is 24.0 Å². The van der Waals surface area contributed by atoms with Crippen molar-refractivity contribution in [1.29, 1.82) is 0 Å². The van der Waals surface area contributed by atoms with E-state index in [1.165, 1.54) is 0 Å². The molecule has 0 radical (unpaired) electrons. The van der Waals surface area contributed by atoms with Crippen molar-refractivity contribution in [2.24, 2.45) is 5.73 Å². The highest BCUT2D eigenvalue weighted by Crippen LogP contribution is 2.40. The van der Waals surface area contributed by atoms with Crippen LogP contribution in [0.25, 0.3) is 0 Å². The second kappa shape index (κ2) is 5.19. The molecule has 4 heteroatoms. The number of nitrogens with two attached hydrogens (primary N) is 1. The van der Waals surface area contributed by atoms with Gasteiger partial charge >= 0.3 is 0 Å². The molecule has 2 heterocycles. The number of hydrogen-bond donors (Lipinski definition) is 1. The molecule has 4 nitrogen and oxygen atoms in total. The molecule has 1 fully saturated rings. The number of nitrogens with zero attached hydrogens (tertiary/aromatic N) is 1. The van der Waals surface area contributed by atoms with Crippen LogP contribution in [0.5, 0.6) is 0 Å². The average Bonchev–Trinajstić information content (AvgIpc) is 3.07. The van der Waals surface area contributed by atoms with Gasteiger partial charge in [0.15, 0.2) is 0 Å². The van der Waals surface area contributed by atoms with Crippen molar-refractivity contribution in [3.63, 3.8) is 0 Å². The normalized spacial score (nSPS) is 26.9. The van der Waals surface area contributed by atoms with Crippen molar-refractivity contribution in [2.45, 2.75) is 44.2 Å². The summed E-state index contributed by atoms with van der Waals surface area (Å²) in [7, 11) is 1.84. The molecule has 1 aromatic rings. The highest BCUT2D eigenvalue weighted by atomic mass is 16.5. The number of likely N-dealkylation sites (N-methyl/N-ethyl adjacent to an activating group) is 1. The molecule has 3 unspecified atom stereocenters. The van der Waals surface area contributed by atoms with E-state index < -0.39 is 0 Å². The van der Waals surface area contributed by atoms with Crippen molar-refractivity contribution < 1.29 is 9.53 Å². The second-order valence-electron chi connectivity index (χ2n) is 5.75. The number of hydrogen-bond acceptors (Lipinski definition) is 3. The number of rotatable bonds is 3. The van der Waals surface area contributed by atoms with E-state index in [1.54, 1.807) is 4.90 Å². The Labute approximate surface area is 119 Å². The summed E-state index contributed by atoms with van der Waals surface area (Å²) in [5, 5.41) is 0. The second-order valence-corrected chi connectivity index (χ2v) is 5.75. The van der Waals surface area contributed by atoms with Crippen molar-refractivity contribution in [1.82, 2.24) is 0 Å². The third-order valence-electron chi connectivity index (χ3n) is 4.58. The van der Waals surface area contributed by atoms with Gasteiger partial charge in [-0.15, -0.1) is 0 Å². The third kappa shape index (κ3) is 2.03. The van der Waals surface area contributed by atoms with Crippen LogP contribution in [0.15, 0.2) is 18.2 Å². The maximum atomic E-state index is 12.2. The molecule has 3 rings (SSSR count). The predicted octanol–water partition coefficient (Wildman–Crippen LogP) is 2.34. The zero-order valence-electron chi connectivity index (χ0n) is 12.1. The van der Waals surface area contributed by atoms with Gasteiger partial charge in [0.05, 0.1) is 18.1 Å². The largest absolute Gasteiger partial charge is 0.376 e. The molecule has 20 heavy (non-hydrogen) atoms. The van der Waals surface area contributed by atoms with Crippen molar-refractivity contribution in [3.05, 3.63) is 29.3 Å². The lowest BCUT2D eigenvalue weighted by Gasteiger charge is -2.20. The number of ether oxygens (including phenoxy) is 1. The highest BCUT2D eigenvalue weighted by Gasteiger charge is 2.34. The topological polar surface area (TPSA) is 55.6 Å². The van der Waals surface area contributed by atoms with Crippen LogP contribution < -0.4 is 10.6 Å². The van der Waals surface area contributed by atoms with Crippen LogP contribution in [0.2, 0.25) is 0 Å². The van der Waals surface area contributed by atoms with E-state index in [9.17, 15) is 4.79 Å². The molecule has 3 atom stereocenters. The van der Waals surface area contributed by atoms with Gasteiger partial charge in [0.1, 0.15) is 0 Å². The number of fused-ring (bicyclic) bond motifs is 1. The van der Waals surface area contributed by atoms with Gasteiger partial charge in [0, 0.05) is 19.3 Å². The zero-order chi connectivity index (χ0) is 14.3.